The van der Waals surface area contributed by atoms with Crippen LogP contribution in [0.3, 0.4) is 0 Å². The number of hydrogen-bond acceptors (Lipinski definition) is 9. The molecule has 11 nitrogen and oxygen atoms in total. The van der Waals surface area contributed by atoms with Crippen LogP contribution < -0.4 is 10.3 Å². The van der Waals surface area contributed by atoms with Gasteiger partial charge in [-0.05, 0) is 27.0 Å². The van der Waals surface area contributed by atoms with Crippen molar-refractivity contribution in [3.05, 3.63) is 41.5 Å². The SMILES string of the molecule is C=CCn1c(=O)c2cnc(SC)nc2n1-c1ccnc(OC2CCN(C(=O)OC(C)(C)C)CC2)n1. The molecule has 3 aromatic heterocycles. The quantitative estimate of drug-likeness (QED) is 0.286. The lowest BCUT2D eigenvalue weighted by molar-refractivity contribution is 0.0119. The molecule has 0 unspecified atom stereocenters. The minimum Gasteiger partial charge on any atom is -0.460 e. The number of allylic oxidation sites excluding steroid dienone is 1. The first-order chi connectivity index (χ1) is 16.7. The fraction of sp³-hybridized carbons (Fsp3) is 0.478. The summed E-state index contributed by atoms with van der Waals surface area (Å²) in [5.74, 6) is 0.445. The number of likely N-dealkylation sites (tertiary alicyclic amines) is 1. The third-order valence-electron chi connectivity index (χ3n) is 5.34. The van der Waals surface area contributed by atoms with Crippen LogP contribution in [0.4, 0.5) is 4.79 Å². The molecule has 3 aromatic rings. The molecule has 1 aliphatic heterocycles. The number of nitrogens with zero attached hydrogens (tertiary/aromatic N) is 7. The Balaban J connectivity index is 1.56. The summed E-state index contributed by atoms with van der Waals surface area (Å²) in [6, 6.07) is 1.88. The van der Waals surface area contributed by atoms with Crippen LogP contribution in [0.25, 0.3) is 16.9 Å². The van der Waals surface area contributed by atoms with Gasteiger partial charge in [-0.25, -0.2) is 29.1 Å². The Labute approximate surface area is 207 Å². The summed E-state index contributed by atoms with van der Waals surface area (Å²) in [6.07, 6.45) is 7.41. The molecule has 0 spiro atoms. The molecule has 0 bridgehead atoms. The molecule has 1 fully saturated rings. The molecular weight excluding hydrogens is 470 g/mol. The molecule has 0 radical (unpaired) electrons. The summed E-state index contributed by atoms with van der Waals surface area (Å²) in [5, 5.41) is 0.935. The normalized spacial score (nSPS) is 14.8. The summed E-state index contributed by atoms with van der Waals surface area (Å²) in [6.45, 7) is 10.6. The molecule has 0 aromatic carbocycles. The minimum absolute atomic E-state index is 0.147. The van der Waals surface area contributed by atoms with E-state index in [4.69, 9.17) is 9.47 Å². The van der Waals surface area contributed by atoms with E-state index in [-0.39, 0.29) is 30.3 Å². The van der Waals surface area contributed by atoms with Crippen molar-refractivity contribution in [1.29, 1.82) is 0 Å². The number of ether oxygens (including phenoxy) is 2. The van der Waals surface area contributed by atoms with Crippen molar-refractivity contribution < 1.29 is 14.3 Å². The number of fused-ring (bicyclic) bond motifs is 1. The van der Waals surface area contributed by atoms with Gasteiger partial charge in [-0.1, -0.05) is 17.8 Å². The van der Waals surface area contributed by atoms with E-state index in [2.05, 4.69) is 26.5 Å². The smallest absolute Gasteiger partial charge is 0.410 e. The van der Waals surface area contributed by atoms with Crippen LogP contribution in [0.5, 0.6) is 6.01 Å². The van der Waals surface area contributed by atoms with Gasteiger partial charge >= 0.3 is 12.1 Å². The van der Waals surface area contributed by atoms with Crippen LogP contribution in [0, 0.1) is 0 Å². The molecule has 35 heavy (non-hydrogen) atoms. The van der Waals surface area contributed by atoms with E-state index < -0.39 is 5.60 Å². The number of carbonyl (C=O) groups is 1. The van der Waals surface area contributed by atoms with Gasteiger partial charge in [-0.2, -0.15) is 4.98 Å². The average Bonchev–Trinajstić information content (AvgIpc) is 3.09. The Morgan fingerprint density at radius 3 is 2.66 bits per heavy atom. The molecule has 1 amide bonds. The lowest BCUT2D eigenvalue weighted by Crippen LogP contribution is -2.44. The summed E-state index contributed by atoms with van der Waals surface area (Å²) < 4.78 is 14.6. The predicted octanol–water partition coefficient (Wildman–Crippen LogP) is 3.06. The van der Waals surface area contributed by atoms with Crippen molar-refractivity contribution >= 4 is 28.9 Å². The summed E-state index contributed by atoms with van der Waals surface area (Å²) in [4.78, 5) is 44.6. The lowest BCUT2D eigenvalue weighted by atomic mass is 10.1. The molecule has 0 aliphatic carbocycles. The summed E-state index contributed by atoms with van der Waals surface area (Å²) in [5.41, 5.74) is -0.315. The molecule has 0 N–H and O–H groups in total. The van der Waals surface area contributed by atoms with Gasteiger partial charge in [0.15, 0.2) is 16.6 Å². The van der Waals surface area contributed by atoms with E-state index in [1.165, 1.54) is 22.6 Å². The zero-order valence-electron chi connectivity index (χ0n) is 20.3. The molecule has 12 heteroatoms. The molecule has 4 rings (SSSR count). The number of hydrogen-bond donors (Lipinski definition) is 0. The number of carbonyl (C=O) groups excluding carboxylic acids is 1. The fourth-order valence-electron chi connectivity index (χ4n) is 3.77. The predicted molar refractivity (Wildman–Crippen MR) is 132 cm³/mol. The maximum Gasteiger partial charge on any atom is 0.410 e. The summed E-state index contributed by atoms with van der Waals surface area (Å²) in [7, 11) is 0. The first-order valence-electron chi connectivity index (χ1n) is 11.3. The van der Waals surface area contributed by atoms with Crippen LogP contribution in [0.2, 0.25) is 0 Å². The second kappa shape index (κ2) is 10.1. The second-order valence-corrected chi connectivity index (χ2v) is 9.84. The van der Waals surface area contributed by atoms with Crippen LogP contribution in [-0.4, -0.2) is 71.3 Å². The first kappa shape index (κ1) is 24.7. The van der Waals surface area contributed by atoms with Crippen molar-refractivity contribution in [3.63, 3.8) is 0 Å². The molecule has 4 heterocycles. The monoisotopic (exact) mass is 499 g/mol. The lowest BCUT2D eigenvalue weighted by Gasteiger charge is -2.33. The van der Waals surface area contributed by atoms with Crippen molar-refractivity contribution in [1.82, 2.24) is 34.2 Å². The van der Waals surface area contributed by atoms with Crippen molar-refractivity contribution in [2.75, 3.05) is 19.3 Å². The van der Waals surface area contributed by atoms with E-state index >= 15 is 0 Å². The number of piperidine rings is 1. The Morgan fingerprint density at radius 2 is 2.00 bits per heavy atom. The molecule has 1 aliphatic rings. The Hall–Kier alpha value is -3.41. The topological polar surface area (TPSA) is 117 Å². The van der Waals surface area contributed by atoms with Gasteiger partial charge in [0.25, 0.3) is 5.56 Å². The summed E-state index contributed by atoms with van der Waals surface area (Å²) >= 11 is 1.39. The van der Waals surface area contributed by atoms with Gasteiger partial charge < -0.3 is 14.4 Å². The van der Waals surface area contributed by atoms with Crippen LogP contribution in [0.15, 0.2) is 41.1 Å². The van der Waals surface area contributed by atoms with Gasteiger partial charge in [0.2, 0.25) is 0 Å². The Bertz CT molecular complexity index is 1290. The molecule has 186 valence electrons. The van der Waals surface area contributed by atoms with Gasteiger partial charge in [0.05, 0.1) is 6.54 Å². The van der Waals surface area contributed by atoms with Gasteiger partial charge in [-0.15, -0.1) is 6.58 Å². The number of aromatic nitrogens is 6. The zero-order chi connectivity index (χ0) is 25.2. The second-order valence-electron chi connectivity index (χ2n) is 9.06. The minimum atomic E-state index is -0.532. The third kappa shape index (κ3) is 5.47. The Morgan fingerprint density at radius 1 is 1.26 bits per heavy atom. The van der Waals surface area contributed by atoms with E-state index in [9.17, 15) is 9.59 Å². The zero-order valence-corrected chi connectivity index (χ0v) is 21.1. The van der Waals surface area contributed by atoms with E-state index in [1.807, 2.05) is 27.0 Å². The number of thioether (sulfide) groups is 1. The highest BCUT2D eigenvalue weighted by molar-refractivity contribution is 7.98. The molecule has 0 atom stereocenters. The largest absolute Gasteiger partial charge is 0.460 e. The van der Waals surface area contributed by atoms with Crippen LogP contribution in [-0.2, 0) is 11.3 Å². The van der Waals surface area contributed by atoms with Crippen molar-refractivity contribution in [3.8, 4) is 11.8 Å². The Kier molecular flexibility index (Phi) is 7.10. The highest BCUT2D eigenvalue weighted by Crippen LogP contribution is 2.21. The number of rotatable bonds is 6. The molecular formula is C23H29N7O4S. The van der Waals surface area contributed by atoms with Crippen LogP contribution >= 0.6 is 11.8 Å². The third-order valence-corrected chi connectivity index (χ3v) is 5.90. The first-order valence-corrected chi connectivity index (χ1v) is 12.5. The highest BCUT2D eigenvalue weighted by atomic mass is 32.2. The van der Waals surface area contributed by atoms with Crippen molar-refractivity contribution in [2.45, 2.75) is 57.0 Å². The number of amides is 1. The van der Waals surface area contributed by atoms with E-state index in [0.717, 1.165) is 0 Å². The maximum atomic E-state index is 13.0. The van der Waals surface area contributed by atoms with E-state index in [1.54, 1.807) is 27.9 Å². The average molecular weight is 500 g/mol. The fourth-order valence-corrected chi connectivity index (χ4v) is 4.11. The van der Waals surface area contributed by atoms with Gasteiger partial charge in [-0.3, -0.25) is 4.79 Å². The highest BCUT2D eigenvalue weighted by Gasteiger charge is 2.28. The standard InChI is InChI=1S/C23H29N7O4S/c1-6-11-29-19(31)16-14-25-21(35-5)27-18(16)30(29)17-7-10-24-20(26-17)33-15-8-12-28(13-9-15)22(32)34-23(2,3)4/h6-7,10,14-15H,1,8-9,11-13H2,2-5H3. The molecule has 0 saturated carbocycles. The van der Waals surface area contributed by atoms with Crippen molar-refractivity contribution in [2.24, 2.45) is 0 Å². The van der Waals surface area contributed by atoms with Crippen LogP contribution in [0.1, 0.15) is 33.6 Å². The van der Waals surface area contributed by atoms with E-state index in [0.29, 0.717) is 47.9 Å². The molecule has 1 saturated heterocycles. The maximum absolute atomic E-state index is 13.0. The van der Waals surface area contributed by atoms with Gasteiger partial charge in [0, 0.05) is 44.4 Å². The van der Waals surface area contributed by atoms with Gasteiger partial charge in [0.1, 0.15) is 17.1 Å².